The molecule has 0 fully saturated rings. The maximum Gasteiger partial charge on any atom is 0.293 e. The third-order valence-electron chi connectivity index (χ3n) is 4.57. The van der Waals surface area contributed by atoms with Gasteiger partial charge in [0.1, 0.15) is 11.5 Å². The van der Waals surface area contributed by atoms with Crippen molar-refractivity contribution in [1.29, 1.82) is 0 Å². The van der Waals surface area contributed by atoms with E-state index < -0.39 is 9.84 Å². The summed E-state index contributed by atoms with van der Waals surface area (Å²) in [5.74, 6) is 0.905. The second kappa shape index (κ2) is 7.50. The first kappa shape index (κ1) is 19.4. The zero-order valence-corrected chi connectivity index (χ0v) is 17.3. The molecule has 4 aromatic rings. The minimum Gasteiger partial charge on any atom is -0.455 e. The van der Waals surface area contributed by atoms with Crippen LogP contribution >= 0.6 is 11.6 Å². The quantitative estimate of drug-likeness (QED) is 0.432. The summed E-state index contributed by atoms with van der Waals surface area (Å²) < 4.78 is 36.3. The summed E-state index contributed by atoms with van der Waals surface area (Å²) in [7, 11) is -3.54. The van der Waals surface area contributed by atoms with Gasteiger partial charge in [-0.25, -0.2) is 8.42 Å². The highest BCUT2D eigenvalue weighted by molar-refractivity contribution is 7.90. The molecule has 29 heavy (non-hydrogen) atoms. The first-order chi connectivity index (χ1) is 13.8. The van der Waals surface area contributed by atoms with Crippen molar-refractivity contribution in [2.24, 2.45) is 0 Å². The van der Waals surface area contributed by atoms with Crippen molar-refractivity contribution in [2.45, 2.75) is 24.5 Å². The molecular formula is C21H17ClN2O4S. The minimum absolute atomic E-state index is 0.171. The van der Waals surface area contributed by atoms with E-state index >= 15 is 0 Å². The molecule has 0 aliphatic heterocycles. The molecule has 0 N–H and O–H groups in total. The molecule has 0 saturated carbocycles. The smallest absolute Gasteiger partial charge is 0.293 e. The number of aromatic nitrogens is 2. The molecule has 0 bridgehead atoms. The lowest BCUT2D eigenvalue weighted by Crippen LogP contribution is -2.05. The van der Waals surface area contributed by atoms with Gasteiger partial charge in [0, 0.05) is 10.6 Å². The van der Waals surface area contributed by atoms with E-state index in [1.807, 2.05) is 13.8 Å². The van der Waals surface area contributed by atoms with E-state index in [-0.39, 0.29) is 16.5 Å². The van der Waals surface area contributed by atoms with Crippen LogP contribution in [0.2, 0.25) is 5.02 Å². The van der Waals surface area contributed by atoms with Crippen molar-refractivity contribution in [3.63, 3.8) is 0 Å². The summed E-state index contributed by atoms with van der Waals surface area (Å²) in [6.07, 6.45) is 0. The molecule has 2 aromatic heterocycles. The number of rotatable bonds is 5. The second-order valence-electron chi connectivity index (χ2n) is 6.70. The zero-order valence-electron chi connectivity index (χ0n) is 15.7. The van der Waals surface area contributed by atoms with Gasteiger partial charge in [0.05, 0.1) is 4.90 Å². The molecule has 0 radical (unpaired) electrons. The van der Waals surface area contributed by atoms with Gasteiger partial charge in [-0.3, -0.25) is 0 Å². The lowest BCUT2D eigenvalue weighted by Gasteiger charge is -2.05. The Labute approximate surface area is 173 Å². The number of sulfone groups is 1. The molecule has 4 rings (SSSR count). The standard InChI is InChI=1S/C21H17ClN2O4S/c1-13-3-9-18(11-14(13)2)29(25,26)12-17-8-10-19(27-17)21-23-20(24-28-21)15-4-6-16(22)7-5-15/h3-11H,12H2,1-2H3. The van der Waals surface area contributed by atoms with Gasteiger partial charge in [0.15, 0.2) is 15.6 Å². The Hall–Kier alpha value is -2.90. The SMILES string of the molecule is Cc1ccc(S(=O)(=O)Cc2ccc(-c3nc(-c4ccc(Cl)cc4)no3)o2)cc1C. The Bertz CT molecular complexity index is 1270. The predicted octanol–water partition coefficient (Wildman–Crippen LogP) is 5.24. The van der Waals surface area contributed by atoms with E-state index in [4.69, 9.17) is 20.5 Å². The van der Waals surface area contributed by atoms with Gasteiger partial charge in [-0.2, -0.15) is 4.98 Å². The molecule has 2 aromatic carbocycles. The lowest BCUT2D eigenvalue weighted by molar-refractivity contribution is 0.413. The predicted molar refractivity (Wildman–Crippen MR) is 109 cm³/mol. The van der Waals surface area contributed by atoms with Crippen LogP contribution in [-0.2, 0) is 15.6 Å². The molecule has 0 aliphatic rings. The molecule has 0 atom stereocenters. The summed E-state index contributed by atoms with van der Waals surface area (Å²) in [6, 6.07) is 15.3. The molecule has 0 unspecified atom stereocenters. The van der Waals surface area contributed by atoms with Crippen molar-refractivity contribution in [3.05, 3.63) is 76.5 Å². The Morgan fingerprint density at radius 1 is 0.966 bits per heavy atom. The number of halogens is 1. The van der Waals surface area contributed by atoms with Crippen LogP contribution in [0.4, 0.5) is 0 Å². The number of hydrogen-bond acceptors (Lipinski definition) is 6. The van der Waals surface area contributed by atoms with Gasteiger partial charge < -0.3 is 8.94 Å². The van der Waals surface area contributed by atoms with Crippen molar-refractivity contribution < 1.29 is 17.4 Å². The summed E-state index contributed by atoms with van der Waals surface area (Å²) in [5, 5.41) is 4.54. The van der Waals surface area contributed by atoms with Crippen LogP contribution in [0.15, 0.2) is 68.4 Å². The van der Waals surface area contributed by atoms with Crippen LogP contribution < -0.4 is 0 Å². The molecule has 148 valence electrons. The summed E-state index contributed by atoms with van der Waals surface area (Å²) in [4.78, 5) is 4.57. The summed E-state index contributed by atoms with van der Waals surface area (Å²) in [6.45, 7) is 3.82. The van der Waals surface area contributed by atoms with E-state index in [0.717, 1.165) is 16.7 Å². The van der Waals surface area contributed by atoms with Gasteiger partial charge >= 0.3 is 0 Å². The zero-order chi connectivity index (χ0) is 20.6. The second-order valence-corrected chi connectivity index (χ2v) is 9.13. The fourth-order valence-electron chi connectivity index (χ4n) is 2.79. The van der Waals surface area contributed by atoms with E-state index in [0.29, 0.717) is 22.4 Å². The topological polar surface area (TPSA) is 86.2 Å². The van der Waals surface area contributed by atoms with E-state index in [9.17, 15) is 8.42 Å². The Balaban J connectivity index is 1.55. The van der Waals surface area contributed by atoms with E-state index in [2.05, 4.69) is 10.1 Å². The molecule has 8 heteroatoms. The summed E-state index contributed by atoms with van der Waals surface area (Å²) >= 11 is 5.89. The maximum atomic E-state index is 12.7. The normalized spacial score (nSPS) is 11.7. The van der Waals surface area contributed by atoms with Crippen LogP contribution in [0.25, 0.3) is 23.0 Å². The number of benzene rings is 2. The van der Waals surface area contributed by atoms with E-state index in [1.165, 1.54) is 0 Å². The number of furan rings is 1. The van der Waals surface area contributed by atoms with Crippen molar-refractivity contribution >= 4 is 21.4 Å². The van der Waals surface area contributed by atoms with Crippen LogP contribution in [0.1, 0.15) is 16.9 Å². The van der Waals surface area contributed by atoms with Crippen molar-refractivity contribution in [2.75, 3.05) is 0 Å². The molecule has 6 nitrogen and oxygen atoms in total. The van der Waals surface area contributed by atoms with Gasteiger partial charge in [-0.15, -0.1) is 0 Å². The van der Waals surface area contributed by atoms with Gasteiger partial charge in [-0.05, 0) is 73.5 Å². The van der Waals surface area contributed by atoms with Gasteiger partial charge in [0.2, 0.25) is 5.82 Å². The third kappa shape index (κ3) is 4.11. The van der Waals surface area contributed by atoms with Crippen molar-refractivity contribution in [3.8, 4) is 23.0 Å². The fraction of sp³-hybridized carbons (Fsp3) is 0.143. The first-order valence-electron chi connectivity index (χ1n) is 8.80. The van der Waals surface area contributed by atoms with Crippen LogP contribution in [0.3, 0.4) is 0 Å². The third-order valence-corrected chi connectivity index (χ3v) is 6.46. The van der Waals surface area contributed by atoms with Gasteiger partial charge in [0.25, 0.3) is 5.89 Å². The number of nitrogens with zero attached hydrogens (tertiary/aromatic N) is 2. The highest BCUT2D eigenvalue weighted by atomic mass is 35.5. The average Bonchev–Trinajstić information content (AvgIpc) is 3.33. The Morgan fingerprint density at radius 3 is 2.45 bits per heavy atom. The highest BCUT2D eigenvalue weighted by Gasteiger charge is 2.20. The molecule has 0 saturated heterocycles. The molecule has 2 heterocycles. The average molecular weight is 429 g/mol. The van der Waals surface area contributed by atoms with E-state index in [1.54, 1.807) is 54.6 Å². The molecule has 0 amide bonds. The fourth-order valence-corrected chi connectivity index (χ4v) is 4.24. The highest BCUT2D eigenvalue weighted by Crippen LogP contribution is 2.27. The molecule has 0 aliphatic carbocycles. The molecule has 0 spiro atoms. The maximum absolute atomic E-state index is 12.7. The van der Waals surface area contributed by atoms with Crippen molar-refractivity contribution in [1.82, 2.24) is 10.1 Å². The van der Waals surface area contributed by atoms with Crippen LogP contribution in [0.5, 0.6) is 0 Å². The van der Waals surface area contributed by atoms with Crippen LogP contribution in [0, 0.1) is 13.8 Å². The van der Waals surface area contributed by atoms with Crippen LogP contribution in [-0.4, -0.2) is 18.6 Å². The van der Waals surface area contributed by atoms with Gasteiger partial charge in [-0.1, -0.05) is 22.8 Å². The Kier molecular flexibility index (Phi) is 5.02. The summed E-state index contributed by atoms with van der Waals surface area (Å²) in [5.41, 5.74) is 2.71. The Morgan fingerprint density at radius 2 is 1.72 bits per heavy atom. The largest absolute Gasteiger partial charge is 0.455 e. The molecular weight excluding hydrogens is 412 g/mol. The monoisotopic (exact) mass is 428 g/mol. The number of hydrogen-bond donors (Lipinski definition) is 0. The lowest BCUT2D eigenvalue weighted by atomic mass is 10.1. The number of aryl methyl sites for hydroxylation is 2. The first-order valence-corrected chi connectivity index (χ1v) is 10.8. The minimum atomic E-state index is -3.54.